The topological polar surface area (TPSA) is 57.5 Å². The van der Waals surface area contributed by atoms with Crippen molar-refractivity contribution in [3.05, 3.63) is 23.8 Å². The number of carbonyl (C=O) groups is 1. The molecule has 0 spiro atoms. The SMILES string of the molecule is CC(C)(Br)C(=O)c1ccc(O)c(O)c1. The summed E-state index contributed by atoms with van der Waals surface area (Å²) in [6.07, 6.45) is 0. The van der Waals surface area contributed by atoms with E-state index >= 15 is 0 Å². The fourth-order valence-corrected chi connectivity index (χ4v) is 1.24. The van der Waals surface area contributed by atoms with Crippen molar-refractivity contribution in [2.75, 3.05) is 0 Å². The van der Waals surface area contributed by atoms with E-state index in [-0.39, 0.29) is 17.3 Å². The average Bonchev–Trinajstić information content (AvgIpc) is 2.07. The molecule has 1 aromatic rings. The van der Waals surface area contributed by atoms with Gasteiger partial charge in [-0.05, 0) is 32.0 Å². The Morgan fingerprint density at radius 3 is 2.29 bits per heavy atom. The number of hydrogen-bond donors (Lipinski definition) is 2. The molecule has 0 aliphatic rings. The monoisotopic (exact) mass is 258 g/mol. The van der Waals surface area contributed by atoms with Crippen molar-refractivity contribution in [3.8, 4) is 11.5 Å². The fraction of sp³-hybridized carbons (Fsp3) is 0.300. The predicted octanol–water partition coefficient (Wildman–Crippen LogP) is 2.45. The second-order valence-corrected chi connectivity index (χ2v) is 5.49. The van der Waals surface area contributed by atoms with E-state index in [9.17, 15) is 9.90 Å². The lowest BCUT2D eigenvalue weighted by Gasteiger charge is -2.14. The normalized spacial score (nSPS) is 11.4. The third-order valence-electron chi connectivity index (χ3n) is 1.78. The Labute approximate surface area is 90.5 Å². The number of phenolic OH excluding ortho intramolecular Hbond substituents is 2. The largest absolute Gasteiger partial charge is 0.504 e. The Kier molecular flexibility index (Phi) is 2.85. The lowest BCUT2D eigenvalue weighted by Crippen LogP contribution is -2.23. The van der Waals surface area contributed by atoms with Crippen LogP contribution < -0.4 is 0 Å². The molecule has 0 fully saturated rings. The summed E-state index contributed by atoms with van der Waals surface area (Å²) in [5.41, 5.74) is 0.363. The molecule has 0 atom stereocenters. The number of rotatable bonds is 2. The molecular weight excluding hydrogens is 248 g/mol. The maximum Gasteiger partial charge on any atom is 0.179 e. The van der Waals surface area contributed by atoms with E-state index in [1.54, 1.807) is 13.8 Å². The maximum absolute atomic E-state index is 11.7. The van der Waals surface area contributed by atoms with Crippen LogP contribution in [0.15, 0.2) is 18.2 Å². The van der Waals surface area contributed by atoms with Crippen LogP contribution >= 0.6 is 15.9 Å². The van der Waals surface area contributed by atoms with Gasteiger partial charge in [-0.1, -0.05) is 15.9 Å². The van der Waals surface area contributed by atoms with Gasteiger partial charge in [0.05, 0.1) is 4.32 Å². The maximum atomic E-state index is 11.7. The van der Waals surface area contributed by atoms with E-state index in [4.69, 9.17) is 5.11 Å². The number of carbonyl (C=O) groups excluding carboxylic acids is 1. The minimum Gasteiger partial charge on any atom is -0.504 e. The Bertz CT molecular complexity index is 366. The number of halogens is 1. The van der Waals surface area contributed by atoms with Gasteiger partial charge in [-0.2, -0.15) is 0 Å². The molecular formula is C10H11BrO3. The van der Waals surface area contributed by atoms with Gasteiger partial charge in [0.2, 0.25) is 0 Å². The summed E-state index contributed by atoms with van der Waals surface area (Å²) in [4.78, 5) is 11.7. The highest BCUT2D eigenvalue weighted by Gasteiger charge is 2.25. The minimum absolute atomic E-state index is 0.146. The standard InChI is InChI=1S/C10H11BrO3/c1-10(2,11)9(14)6-3-4-7(12)8(13)5-6/h3-5,12-13H,1-2H3. The van der Waals surface area contributed by atoms with Crippen LogP contribution in [0.25, 0.3) is 0 Å². The highest BCUT2D eigenvalue weighted by Crippen LogP contribution is 2.28. The smallest absolute Gasteiger partial charge is 0.179 e. The third-order valence-corrected chi connectivity index (χ3v) is 2.14. The molecule has 0 bridgehead atoms. The number of ketones is 1. The molecule has 0 amide bonds. The molecule has 3 nitrogen and oxygen atoms in total. The van der Waals surface area contributed by atoms with E-state index in [2.05, 4.69) is 15.9 Å². The zero-order chi connectivity index (χ0) is 10.9. The van der Waals surface area contributed by atoms with Crippen molar-refractivity contribution < 1.29 is 15.0 Å². The van der Waals surface area contributed by atoms with Crippen LogP contribution in [0.1, 0.15) is 24.2 Å². The molecule has 0 aliphatic carbocycles. The van der Waals surface area contributed by atoms with Gasteiger partial charge in [-0.15, -0.1) is 0 Å². The van der Waals surface area contributed by atoms with Crippen molar-refractivity contribution in [1.29, 1.82) is 0 Å². The van der Waals surface area contributed by atoms with Gasteiger partial charge in [0.1, 0.15) is 0 Å². The third kappa shape index (κ3) is 2.26. The van der Waals surface area contributed by atoms with Crippen LogP contribution in [0.2, 0.25) is 0 Å². The van der Waals surface area contributed by atoms with Gasteiger partial charge < -0.3 is 10.2 Å². The molecule has 2 N–H and O–H groups in total. The highest BCUT2D eigenvalue weighted by atomic mass is 79.9. The predicted molar refractivity (Wildman–Crippen MR) is 57.1 cm³/mol. The molecule has 0 saturated heterocycles. The number of alkyl halides is 1. The molecule has 4 heteroatoms. The number of benzene rings is 1. The van der Waals surface area contributed by atoms with E-state index in [0.29, 0.717) is 5.56 Å². The molecule has 14 heavy (non-hydrogen) atoms. The Hall–Kier alpha value is -1.03. The first-order valence-electron chi connectivity index (χ1n) is 4.08. The van der Waals surface area contributed by atoms with Crippen molar-refractivity contribution >= 4 is 21.7 Å². The van der Waals surface area contributed by atoms with Crippen molar-refractivity contribution in [1.82, 2.24) is 0 Å². The van der Waals surface area contributed by atoms with Crippen LogP contribution in [0, 0.1) is 0 Å². The van der Waals surface area contributed by atoms with Crippen LogP contribution in [-0.4, -0.2) is 20.3 Å². The molecule has 1 rings (SSSR count). The molecule has 0 heterocycles. The van der Waals surface area contributed by atoms with Crippen LogP contribution in [0.4, 0.5) is 0 Å². The summed E-state index contributed by atoms with van der Waals surface area (Å²) in [6.45, 7) is 3.44. The number of Topliss-reactive ketones (excluding diaryl/α,β-unsaturated/α-hetero) is 1. The number of phenols is 2. The van der Waals surface area contributed by atoms with Crippen molar-refractivity contribution in [2.24, 2.45) is 0 Å². The van der Waals surface area contributed by atoms with Gasteiger partial charge >= 0.3 is 0 Å². The zero-order valence-corrected chi connectivity index (χ0v) is 9.50. The first-order chi connectivity index (χ1) is 6.32. The minimum atomic E-state index is -0.670. The van der Waals surface area contributed by atoms with Gasteiger partial charge in [0, 0.05) is 5.56 Å². The van der Waals surface area contributed by atoms with Crippen molar-refractivity contribution in [3.63, 3.8) is 0 Å². The Balaban J connectivity index is 3.10. The van der Waals surface area contributed by atoms with Gasteiger partial charge in [-0.25, -0.2) is 0 Å². The second kappa shape index (κ2) is 3.61. The molecule has 0 aromatic heterocycles. The lowest BCUT2D eigenvalue weighted by atomic mass is 10.0. The first-order valence-corrected chi connectivity index (χ1v) is 4.87. The fourth-order valence-electron chi connectivity index (χ4n) is 1.01. The van der Waals surface area contributed by atoms with E-state index in [1.807, 2.05) is 0 Å². The summed E-state index contributed by atoms with van der Waals surface area (Å²) in [5.74, 6) is -0.658. The quantitative estimate of drug-likeness (QED) is 0.487. The van der Waals surface area contributed by atoms with Gasteiger partial charge in [0.15, 0.2) is 17.3 Å². The van der Waals surface area contributed by atoms with Gasteiger partial charge in [-0.3, -0.25) is 4.79 Å². The Morgan fingerprint density at radius 1 is 1.29 bits per heavy atom. The first kappa shape index (κ1) is 11.0. The molecule has 0 aliphatic heterocycles. The molecule has 0 saturated carbocycles. The summed E-state index contributed by atoms with van der Waals surface area (Å²) < 4.78 is -0.670. The number of aromatic hydroxyl groups is 2. The van der Waals surface area contributed by atoms with Gasteiger partial charge in [0.25, 0.3) is 0 Å². The summed E-state index contributed by atoms with van der Waals surface area (Å²) in [6, 6.07) is 4.02. The zero-order valence-electron chi connectivity index (χ0n) is 7.91. The second-order valence-electron chi connectivity index (χ2n) is 3.51. The highest BCUT2D eigenvalue weighted by molar-refractivity contribution is 9.10. The van der Waals surface area contributed by atoms with Crippen LogP contribution in [0.5, 0.6) is 11.5 Å². The lowest BCUT2D eigenvalue weighted by molar-refractivity contribution is 0.0961. The van der Waals surface area contributed by atoms with E-state index in [1.165, 1.54) is 18.2 Å². The van der Waals surface area contributed by atoms with Crippen LogP contribution in [-0.2, 0) is 0 Å². The Morgan fingerprint density at radius 2 is 1.86 bits per heavy atom. The van der Waals surface area contributed by atoms with Crippen molar-refractivity contribution in [2.45, 2.75) is 18.2 Å². The molecule has 0 unspecified atom stereocenters. The summed E-state index contributed by atoms with van der Waals surface area (Å²) in [5, 5.41) is 18.3. The number of hydrogen-bond acceptors (Lipinski definition) is 3. The molecule has 1 aromatic carbocycles. The van der Waals surface area contributed by atoms with E-state index in [0.717, 1.165) is 0 Å². The average molecular weight is 259 g/mol. The summed E-state index contributed by atoms with van der Waals surface area (Å²) >= 11 is 3.23. The molecule has 0 radical (unpaired) electrons. The molecule has 76 valence electrons. The summed E-state index contributed by atoms with van der Waals surface area (Å²) in [7, 11) is 0. The van der Waals surface area contributed by atoms with E-state index < -0.39 is 4.32 Å². The van der Waals surface area contributed by atoms with Crippen LogP contribution in [0.3, 0.4) is 0 Å².